The maximum atomic E-state index is 13.6. The van der Waals surface area contributed by atoms with E-state index < -0.39 is 29.8 Å². The lowest BCUT2D eigenvalue weighted by Gasteiger charge is -2.14. The molecule has 0 aliphatic rings. The van der Waals surface area contributed by atoms with E-state index in [9.17, 15) is 22.0 Å². The number of hydrogen-bond acceptors (Lipinski definition) is 3. The van der Waals surface area contributed by atoms with Gasteiger partial charge in [0.1, 0.15) is 5.82 Å². The number of rotatable bonds is 3. The zero-order chi connectivity index (χ0) is 15.6. The number of pyridine rings is 1. The zero-order valence-corrected chi connectivity index (χ0v) is 10.4. The Morgan fingerprint density at radius 2 is 1.81 bits per heavy atom. The van der Waals surface area contributed by atoms with Crippen molar-refractivity contribution in [1.29, 1.82) is 0 Å². The molecule has 0 aliphatic carbocycles. The molecule has 0 saturated carbocycles. The molecule has 0 radical (unpaired) electrons. The van der Waals surface area contributed by atoms with Crippen LogP contribution in [0.25, 0.3) is 0 Å². The summed E-state index contributed by atoms with van der Waals surface area (Å²) in [5, 5.41) is 0. The van der Waals surface area contributed by atoms with Crippen molar-refractivity contribution in [2.24, 2.45) is 5.73 Å². The van der Waals surface area contributed by atoms with Crippen LogP contribution in [0, 0.1) is 11.6 Å². The van der Waals surface area contributed by atoms with E-state index >= 15 is 0 Å². The number of benzene rings is 1. The van der Waals surface area contributed by atoms with E-state index in [0.29, 0.717) is 0 Å². The average molecular weight is 304 g/mol. The maximum Gasteiger partial charge on any atom is 0.573 e. The summed E-state index contributed by atoms with van der Waals surface area (Å²) < 4.78 is 65.9. The molecule has 2 N–H and O–H groups in total. The Kier molecular flexibility index (Phi) is 4.08. The summed E-state index contributed by atoms with van der Waals surface area (Å²) in [6.07, 6.45) is -4.05. The Labute approximate surface area is 116 Å². The first-order valence-electron chi connectivity index (χ1n) is 5.68. The third kappa shape index (κ3) is 3.88. The molecule has 1 aromatic heterocycles. The van der Waals surface area contributed by atoms with Crippen LogP contribution in [0.15, 0.2) is 36.5 Å². The Balaban J connectivity index is 2.25. The van der Waals surface area contributed by atoms with E-state index in [1.165, 1.54) is 12.1 Å². The molecular formula is C13H9F5N2O. The normalized spacial score (nSPS) is 13.0. The summed E-state index contributed by atoms with van der Waals surface area (Å²) in [5.74, 6) is -2.72. The standard InChI is InChI=1S/C13H9F5N2O/c14-8-2-3-10(20-6-8)12(19)7-1-4-11(9(15)5-7)21-13(16,17)18/h1-6,12H,19H2. The lowest BCUT2D eigenvalue weighted by atomic mass is 10.0. The number of nitrogens with zero attached hydrogens (tertiary/aromatic N) is 1. The van der Waals surface area contributed by atoms with Gasteiger partial charge in [-0.1, -0.05) is 6.07 Å². The van der Waals surface area contributed by atoms with Crippen molar-refractivity contribution >= 4 is 0 Å². The molecular weight excluding hydrogens is 295 g/mol. The fraction of sp³-hybridized carbons (Fsp3) is 0.154. The van der Waals surface area contributed by atoms with Crippen LogP contribution < -0.4 is 10.5 Å². The van der Waals surface area contributed by atoms with Gasteiger partial charge >= 0.3 is 6.36 Å². The fourth-order valence-corrected chi connectivity index (χ4v) is 1.66. The van der Waals surface area contributed by atoms with E-state index in [4.69, 9.17) is 5.73 Å². The van der Waals surface area contributed by atoms with E-state index in [0.717, 1.165) is 24.4 Å². The molecule has 1 aromatic carbocycles. The van der Waals surface area contributed by atoms with Gasteiger partial charge in [0.15, 0.2) is 11.6 Å². The Hall–Kier alpha value is -2.22. The molecule has 112 valence electrons. The van der Waals surface area contributed by atoms with Gasteiger partial charge in [-0.15, -0.1) is 13.2 Å². The van der Waals surface area contributed by atoms with Gasteiger partial charge in [0.2, 0.25) is 0 Å². The second-order valence-corrected chi connectivity index (χ2v) is 4.12. The van der Waals surface area contributed by atoms with Crippen LogP contribution in [0.2, 0.25) is 0 Å². The Bertz CT molecular complexity index is 627. The van der Waals surface area contributed by atoms with Gasteiger partial charge < -0.3 is 10.5 Å². The molecule has 0 fully saturated rings. The van der Waals surface area contributed by atoms with Crippen molar-refractivity contribution in [1.82, 2.24) is 4.98 Å². The van der Waals surface area contributed by atoms with Crippen LogP contribution in [0.4, 0.5) is 22.0 Å². The fourth-order valence-electron chi connectivity index (χ4n) is 1.66. The topological polar surface area (TPSA) is 48.1 Å². The van der Waals surface area contributed by atoms with Crippen LogP contribution in [-0.4, -0.2) is 11.3 Å². The monoisotopic (exact) mass is 304 g/mol. The summed E-state index contributed by atoms with van der Waals surface area (Å²) in [6.45, 7) is 0. The molecule has 2 rings (SSSR count). The molecule has 0 amide bonds. The molecule has 0 bridgehead atoms. The predicted molar refractivity (Wildman–Crippen MR) is 63.3 cm³/mol. The minimum atomic E-state index is -4.98. The Morgan fingerprint density at radius 3 is 2.33 bits per heavy atom. The van der Waals surface area contributed by atoms with Crippen molar-refractivity contribution in [2.45, 2.75) is 12.4 Å². The molecule has 1 heterocycles. The highest BCUT2D eigenvalue weighted by molar-refractivity contribution is 5.34. The van der Waals surface area contributed by atoms with Gasteiger partial charge in [-0.3, -0.25) is 4.98 Å². The van der Waals surface area contributed by atoms with Crippen molar-refractivity contribution in [2.75, 3.05) is 0 Å². The smallest absolute Gasteiger partial charge is 0.403 e. The minimum Gasteiger partial charge on any atom is -0.403 e. The van der Waals surface area contributed by atoms with Gasteiger partial charge in [0, 0.05) is 0 Å². The number of ether oxygens (including phenoxy) is 1. The number of nitrogens with two attached hydrogens (primary N) is 1. The second kappa shape index (κ2) is 5.65. The number of alkyl halides is 3. The van der Waals surface area contributed by atoms with Gasteiger partial charge in [-0.05, 0) is 29.8 Å². The van der Waals surface area contributed by atoms with Crippen LogP contribution in [-0.2, 0) is 0 Å². The molecule has 3 nitrogen and oxygen atoms in total. The minimum absolute atomic E-state index is 0.182. The average Bonchev–Trinajstić information content (AvgIpc) is 2.40. The SMILES string of the molecule is NC(c1ccc(OC(F)(F)F)c(F)c1)c1ccc(F)cn1. The van der Waals surface area contributed by atoms with Crippen LogP contribution >= 0.6 is 0 Å². The van der Waals surface area contributed by atoms with Crippen molar-refractivity contribution in [3.63, 3.8) is 0 Å². The maximum absolute atomic E-state index is 13.6. The third-order valence-electron chi connectivity index (χ3n) is 2.61. The third-order valence-corrected chi connectivity index (χ3v) is 2.61. The van der Waals surface area contributed by atoms with Crippen LogP contribution in [0.5, 0.6) is 5.75 Å². The van der Waals surface area contributed by atoms with E-state index in [-0.39, 0.29) is 11.3 Å². The van der Waals surface area contributed by atoms with Gasteiger partial charge in [0.25, 0.3) is 0 Å². The number of hydrogen-bond donors (Lipinski definition) is 1. The molecule has 0 aliphatic heterocycles. The van der Waals surface area contributed by atoms with Crippen molar-refractivity contribution in [3.8, 4) is 5.75 Å². The van der Waals surface area contributed by atoms with Crippen LogP contribution in [0.1, 0.15) is 17.3 Å². The molecule has 1 atom stereocenters. The predicted octanol–water partition coefficient (Wildman–Crippen LogP) is 3.31. The molecule has 8 heteroatoms. The van der Waals surface area contributed by atoms with Crippen molar-refractivity contribution in [3.05, 3.63) is 59.4 Å². The molecule has 1 unspecified atom stereocenters. The van der Waals surface area contributed by atoms with Gasteiger partial charge in [-0.2, -0.15) is 0 Å². The largest absolute Gasteiger partial charge is 0.573 e. The summed E-state index contributed by atoms with van der Waals surface area (Å²) in [4.78, 5) is 3.73. The Morgan fingerprint density at radius 1 is 1.10 bits per heavy atom. The number of aromatic nitrogens is 1. The van der Waals surface area contributed by atoms with Crippen LogP contribution in [0.3, 0.4) is 0 Å². The summed E-state index contributed by atoms with van der Waals surface area (Å²) >= 11 is 0. The quantitative estimate of drug-likeness (QED) is 0.885. The highest BCUT2D eigenvalue weighted by Crippen LogP contribution is 2.28. The summed E-state index contributed by atoms with van der Waals surface area (Å²) in [7, 11) is 0. The first-order chi connectivity index (χ1) is 9.76. The summed E-state index contributed by atoms with van der Waals surface area (Å²) in [5.41, 5.74) is 6.23. The zero-order valence-electron chi connectivity index (χ0n) is 10.4. The first kappa shape index (κ1) is 15.2. The molecule has 0 saturated heterocycles. The molecule has 21 heavy (non-hydrogen) atoms. The van der Waals surface area contributed by atoms with E-state index in [1.54, 1.807) is 0 Å². The van der Waals surface area contributed by atoms with Gasteiger partial charge in [0.05, 0.1) is 17.9 Å². The highest BCUT2D eigenvalue weighted by Gasteiger charge is 2.32. The van der Waals surface area contributed by atoms with Gasteiger partial charge in [-0.25, -0.2) is 8.78 Å². The first-order valence-corrected chi connectivity index (χ1v) is 5.68. The lowest BCUT2D eigenvalue weighted by molar-refractivity contribution is -0.275. The van der Waals surface area contributed by atoms with Crippen molar-refractivity contribution < 1.29 is 26.7 Å². The van der Waals surface area contributed by atoms with E-state index in [2.05, 4.69) is 9.72 Å². The second-order valence-electron chi connectivity index (χ2n) is 4.12. The summed E-state index contributed by atoms with van der Waals surface area (Å²) in [6, 6.07) is 4.34. The van der Waals surface area contributed by atoms with E-state index in [1.807, 2.05) is 0 Å². The highest BCUT2D eigenvalue weighted by atomic mass is 19.4. The molecule has 0 spiro atoms. The number of halogens is 5. The lowest BCUT2D eigenvalue weighted by Crippen LogP contribution is -2.18. The molecule has 2 aromatic rings.